The fraction of sp³-hybridized carbons (Fsp3) is 0.308. The van der Waals surface area contributed by atoms with Gasteiger partial charge in [0.15, 0.2) is 5.82 Å². The van der Waals surface area contributed by atoms with E-state index >= 15 is 0 Å². The quantitative estimate of drug-likeness (QED) is 0.511. The van der Waals surface area contributed by atoms with Crippen molar-refractivity contribution in [1.29, 1.82) is 0 Å². The molecular weight excluding hydrogens is 448 g/mol. The van der Waals surface area contributed by atoms with Gasteiger partial charge < -0.3 is 14.7 Å². The number of hydrogen-bond donors (Lipinski definition) is 3. The Bertz CT molecular complexity index is 1240. The van der Waals surface area contributed by atoms with Gasteiger partial charge in [-0.25, -0.2) is 4.79 Å². The molecule has 0 radical (unpaired) electrons. The van der Waals surface area contributed by atoms with E-state index in [9.17, 15) is 19.5 Å². The SMILES string of the molecule is C[C@@H]1[C@H](C(=O)O)CCCN1C(=O)c1cc(NC(=O)OCC2c3ccccc3-c3ccccc32)n[nH]1. The number of aromatic nitrogens is 2. The number of H-pyrrole nitrogens is 1. The normalized spacial score (nSPS) is 19.1. The molecule has 0 spiro atoms. The molecule has 2 aromatic carbocycles. The summed E-state index contributed by atoms with van der Waals surface area (Å²) in [6.07, 6.45) is 0.485. The van der Waals surface area contributed by atoms with E-state index in [1.54, 1.807) is 6.92 Å². The van der Waals surface area contributed by atoms with Crippen LogP contribution in [0.15, 0.2) is 54.6 Å². The molecule has 1 aliphatic heterocycles. The maximum absolute atomic E-state index is 12.9. The number of carbonyl (C=O) groups is 3. The number of fused-ring (bicyclic) bond motifs is 3. The van der Waals surface area contributed by atoms with E-state index in [0.717, 1.165) is 22.3 Å². The molecular formula is C26H26N4O5. The summed E-state index contributed by atoms with van der Waals surface area (Å²) < 4.78 is 5.52. The molecule has 2 atom stereocenters. The summed E-state index contributed by atoms with van der Waals surface area (Å²) in [6.45, 7) is 2.37. The van der Waals surface area contributed by atoms with Crippen molar-refractivity contribution in [2.24, 2.45) is 5.92 Å². The summed E-state index contributed by atoms with van der Waals surface area (Å²) in [5.41, 5.74) is 4.69. The van der Waals surface area contributed by atoms with Gasteiger partial charge in [0.05, 0.1) is 5.92 Å². The largest absolute Gasteiger partial charge is 0.481 e. The molecule has 3 aromatic rings. The third kappa shape index (κ3) is 4.25. The molecule has 1 fully saturated rings. The fourth-order valence-corrected chi connectivity index (χ4v) is 5.15. The number of aromatic amines is 1. The van der Waals surface area contributed by atoms with Gasteiger partial charge in [-0.2, -0.15) is 5.10 Å². The van der Waals surface area contributed by atoms with Crippen molar-refractivity contribution < 1.29 is 24.2 Å². The second-order valence-electron chi connectivity index (χ2n) is 8.94. The van der Waals surface area contributed by atoms with E-state index in [1.165, 1.54) is 11.0 Å². The van der Waals surface area contributed by atoms with Gasteiger partial charge in [0.25, 0.3) is 5.91 Å². The highest BCUT2D eigenvalue weighted by Gasteiger charge is 2.36. The minimum Gasteiger partial charge on any atom is -0.481 e. The number of rotatable bonds is 5. The van der Waals surface area contributed by atoms with Crippen LogP contribution in [0.1, 0.15) is 47.3 Å². The molecule has 5 rings (SSSR count). The van der Waals surface area contributed by atoms with Crippen molar-refractivity contribution in [3.8, 4) is 11.1 Å². The minimum absolute atomic E-state index is 0.0627. The van der Waals surface area contributed by atoms with E-state index in [0.29, 0.717) is 19.4 Å². The Kier molecular flexibility index (Phi) is 5.98. The molecule has 2 aliphatic rings. The zero-order chi connectivity index (χ0) is 24.5. The van der Waals surface area contributed by atoms with Crippen LogP contribution in [0.3, 0.4) is 0 Å². The smallest absolute Gasteiger partial charge is 0.412 e. The van der Waals surface area contributed by atoms with Gasteiger partial charge in [-0.1, -0.05) is 48.5 Å². The Morgan fingerprint density at radius 2 is 1.77 bits per heavy atom. The molecule has 1 aromatic heterocycles. The van der Waals surface area contributed by atoms with Gasteiger partial charge in [0, 0.05) is 24.6 Å². The van der Waals surface area contributed by atoms with Crippen LogP contribution in [-0.4, -0.2) is 57.4 Å². The first-order chi connectivity index (χ1) is 16.9. The van der Waals surface area contributed by atoms with Gasteiger partial charge in [-0.05, 0) is 42.0 Å². The Morgan fingerprint density at radius 1 is 1.11 bits per heavy atom. The van der Waals surface area contributed by atoms with Gasteiger partial charge in [-0.15, -0.1) is 0 Å². The van der Waals surface area contributed by atoms with Crippen molar-refractivity contribution in [1.82, 2.24) is 15.1 Å². The molecule has 0 saturated carbocycles. The number of hydrogen-bond acceptors (Lipinski definition) is 5. The van der Waals surface area contributed by atoms with Crippen LogP contribution in [0.5, 0.6) is 0 Å². The van der Waals surface area contributed by atoms with Crippen molar-refractivity contribution in [3.63, 3.8) is 0 Å². The zero-order valence-electron chi connectivity index (χ0n) is 19.2. The maximum Gasteiger partial charge on any atom is 0.412 e. The highest BCUT2D eigenvalue weighted by molar-refractivity contribution is 5.95. The predicted octanol–water partition coefficient (Wildman–Crippen LogP) is 4.10. The molecule has 0 unspecified atom stereocenters. The number of carboxylic acids is 1. The molecule has 9 nitrogen and oxygen atoms in total. The van der Waals surface area contributed by atoms with Crippen molar-refractivity contribution >= 4 is 23.8 Å². The van der Waals surface area contributed by atoms with Crippen LogP contribution in [0, 0.1) is 5.92 Å². The molecule has 1 aliphatic carbocycles. The van der Waals surface area contributed by atoms with Crippen molar-refractivity contribution in [2.75, 3.05) is 18.5 Å². The molecule has 2 amide bonds. The van der Waals surface area contributed by atoms with E-state index in [4.69, 9.17) is 4.74 Å². The van der Waals surface area contributed by atoms with E-state index < -0.39 is 24.0 Å². The molecule has 0 bridgehead atoms. The highest BCUT2D eigenvalue weighted by atomic mass is 16.5. The number of aliphatic carboxylic acids is 1. The summed E-state index contributed by atoms with van der Waals surface area (Å²) in [6, 6.07) is 17.2. The predicted molar refractivity (Wildman–Crippen MR) is 128 cm³/mol. The standard InChI is InChI=1S/C26H26N4O5/c1-15-16(25(32)33)11-6-12-30(15)24(31)22-13-23(29-28-22)27-26(34)35-14-21-19-9-4-2-7-17(19)18-8-3-5-10-20(18)21/h2-5,7-10,13,15-16,21H,6,11-12,14H2,1H3,(H,32,33)(H2,27,28,29,34)/t15-,16-/m1/s1. The first-order valence-corrected chi connectivity index (χ1v) is 11.6. The lowest BCUT2D eigenvalue weighted by molar-refractivity contribution is -0.145. The lowest BCUT2D eigenvalue weighted by Gasteiger charge is -2.37. The van der Waals surface area contributed by atoms with Gasteiger partial charge in [0.2, 0.25) is 0 Å². The number of anilines is 1. The number of benzene rings is 2. The van der Waals surface area contributed by atoms with Crippen LogP contribution in [-0.2, 0) is 9.53 Å². The average Bonchev–Trinajstić information content (AvgIpc) is 3.45. The van der Waals surface area contributed by atoms with E-state index in [2.05, 4.69) is 27.6 Å². The minimum atomic E-state index is -0.905. The van der Waals surface area contributed by atoms with Gasteiger partial charge >= 0.3 is 12.1 Å². The van der Waals surface area contributed by atoms with Crippen molar-refractivity contribution in [2.45, 2.75) is 31.7 Å². The summed E-state index contributed by atoms with van der Waals surface area (Å²) >= 11 is 0. The Morgan fingerprint density at radius 3 is 2.43 bits per heavy atom. The molecule has 3 N–H and O–H groups in total. The molecule has 1 saturated heterocycles. The van der Waals surface area contributed by atoms with Gasteiger partial charge in [-0.3, -0.25) is 20.0 Å². The number of carboxylic acid groups (broad SMARTS) is 1. The van der Waals surface area contributed by atoms with E-state index in [-0.39, 0.29) is 29.9 Å². The topological polar surface area (TPSA) is 125 Å². The number of piperidine rings is 1. The number of nitrogens with one attached hydrogen (secondary N) is 2. The molecule has 9 heteroatoms. The lowest BCUT2D eigenvalue weighted by atomic mass is 9.90. The number of amides is 2. The zero-order valence-corrected chi connectivity index (χ0v) is 19.2. The third-order valence-corrected chi connectivity index (χ3v) is 6.95. The van der Waals surface area contributed by atoms with Crippen molar-refractivity contribution in [3.05, 3.63) is 71.4 Å². The second-order valence-corrected chi connectivity index (χ2v) is 8.94. The Labute approximate surface area is 202 Å². The molecule has 35 heavy (non-hydrogen) atoms. The summed E-state index contributed by atoms with van der Waals surface area (Å²) in [4.78, 5) is 38.4. The Hall–Kier alpha value is -4.14. The third-order valence-electron chi connectivity index (χ3n) is 6.95. The lowest BCUT2D eigenvalue weighted by Crippen LogP contribution is -2.49. The summed E-state index contributed by atoms with van der Waals surface area (Å²) in [7, 11) is 0. The van der Waals surface area contributed by atoms with Crippen LogP contribution in [0.4, 0.5) is 10.6 Å². The number of nitrogens with zero attached hydrogens (tertiary/aromatic N) is 2. The first-order valence-electron chi connectivity index (χ1n) is 11.6. The Balaban J connectivity index is 1.22. The number of carbonyl (C=O) groups excluding carboxylic acids is 2. The highest BCUT2D eigenvalue weighted by Crippen LogP contribution is 2.44. The molecule has 2 heterocycles. The number of ether oxygens (including phenoxy) is 1. The fourth-order valence-electron chi connectivity index (χ4n) is 5.15. The summed E-state index contributed by atoms with van der Waals surface area (Å²) in [5.74, 6) is -1.76. The van der Waals surface area contributed by atoms with Gasteiger partial charge in [0.1, 0.15) is 12.3 Å². The van der Waals surface area contributed by atoms with Crippen LogP contribution < -0.4 is 5.32 Å². The van der Waals surface area contributed by atoms with Crippen LogP contribution in [0.25, 0.3) is 11.1 Å². The average molecular weight is 475 g/mol. The van der Waals surface area contributed by atoms with Crippen LogP contribution >= 0.6 is 0 Å². The van der Waals surface area contributed by atoms with Crippen LogP contribution in [0.2, 0.25) is 0 Å². The number of likely N-dealkylation sites (tertiary alicyclic amines) is 1. The monoisotopic (exact) mass is 474 g/mol. The summed E-state index contributed by atoms with van der Waals surface area (Å²) in [5, 5.41) is 18.6. The maximum atomic E-state index is 12.9. The second kappa shape index (κ2) is 9.25. The van der Waals surface area contributed by atoms with E-state index in [1.807, 2.05) is 36.4 Å². The first kappa shape index (κ1) is 22.6. The molecule has 180 valence electrons.